The van der Waals surface area contributed by atoms with Gasteiger partial charge in [-0.3, -0.25) is 9.69 Å². The molecular formula is C25H31N3O3. The summed E-state index contributed by atoms with van der Waals surface area (Å²) in [7, 11) is 3.73. The Bertz CT molecular complexity index is 1020. The quantitative estimate of drug-likeness (QED) is 0.607. The van der Waals surface area contributed by atoms with Gasteiger partial charge in [0.15, 0.2) is 0 Å². The van der Waals surface area contributed by atoms with E-state index < -0.39 is 0 Å². The minimum Gasteiger partial charge on any atom is -0.496 e. The second kappa shape index (κ2) is 9.98. The van der Waals surface area contributed by atoms with Crippen LogP contribution in [-0.4, -0.2) is 61.9 Å². The minimum absolute atomic E-state index is 0.0529. The van der Waals surface area contributed by atoms with Crippen molar-refractivity contribution in [2.24, 2.45) is 7.05 Å². The summed E-state index contributed by atoms with van der Waals surface area (Å²) >= 11 is 0. The second-order valence-electron chi connectivity index (χ2n) is 8.02. The van der Waals surface area contributed by atoms with Crippen molar-refractivity contribution < 1.29 is 14.3 Å². The van der Waals surface area contributed by atoms with Gasteiger partial charge in [0.25, 0.3) is 0 Å². The van der Waals surface area contributed by atoms with E-state index in [-0.39, 0.29) is 11.8 Å². The third-order valence-corrected chi connectivity index (χ3v) is 6.06. The van der Waals surface area contributed by atoms with Gasteiger partial charge in [0.1, 0.15) is 5.75 Å². The average molecular weight is 422 g/mol. The number of rotatable bonds is 8. The van der Waals surface area contributed by atoms with Gasteiger partial charge in [0.2, 0.25) is 5.91 Å². The van der Waals surface area contributed by atoms with Gasteiger partial charge >= 0.3 is 0 Å². The summed E-state index contributed by atoms with van der Waals surface area (Å²) in [5.41, 5.74) is 3.33. The van der Waals surface area contributed by atoms with Crippen LogP contribution < -0.4 is 10.1 Å². The van der Waals surface area contributed by atoms with Crippen LogP contribution in [-0.2, 0) is 16.6 Å². The van der Waals surface area contributed by atoms with Crippen molar-refractivity contribution in [3.05, 3.63) is 65.9 Å². The Morgan fingerprint density at radius 3 is 2.65 bits per heavy atom. The first kappa shape index (κ1) is 21.4. The molecule has 0 aliphatic carbocycles. The van der Waals surface area contributed by atoms with Gasteiger partial charge in [-0.2, -0.15) is 0 Å². The Kier molecular flexibility index (Phi) is 6.89. The highest BCUT2D eigenvalue weighted by Gasteiger charge is 2.25. The number of morpholine rings is 1. The Labute approximate surface area is 183 Å². The van der Waals surface area contributed by atoms with Crippen LogP contribution in [0.5, 0.6) is 5.75 Å². The van der Waals surface area contributed by atoms with Crippen LogP contribution in [0.3, 0.4) is 0 Å². The molecule has 1 unspecified atom stereocenters. The van der Waals surface area contributed by atoms with E-state index in [9.17, 15) is 4.79 Å². The molecule has 0 spiro atoms. The summed E-state index contributed by atoms with van der Waals surface area (Å²) in [4.78, 5) is 15.3. The molecule has 0 bridgehead atoms. The number of benzene rings is 2. The molecule has 6 heteroatoms. The summed E-state index contributed by atoms with van der Waals surface area (Å²) < 4.78 is 13.2. The SMILES string of the molecule is COc1ccccc1C(CC(=O)NCCN1CCOCC1)c1cn(C)c2ccccc12. The van der Waals surface area contributed by atoms with Crippen molar-refractivity contribution in [2.75, 3.05) is 46.5 Å². The maximum absolute atomic E-state index is 13.0. The third-order valence-electron chi connectivity index (χ3n) is 6.06. The molecule has 6 nitrogen and oxygen atoms in total. The molecule has 4 rings (SSSR count). The molecule has 31 heavy (non-hydrogen) atoms. The van der Waals surface area contributed by atoms with E-state index in [1.807, 2.05) is 37.4 Å². The van der Waals surface area contributed by atoms with E-state index in [1.165, 1.54) is 5.39 Å². The number of hydrogen-bond donors (Lipinski definition) is 1. The Morgan fingerprint density at radius 1 is 1.10 bits per heavy atom. The van der Waals surface area contributed by atoms with Gasteiger partial charge in [-0.1, -0.05) is 36.4 Å². The summed E-state index contributed by atoms with van der Waals surface area (Å²) in [5, 5.41) is 4.29. The standard InChI is InChI=1S/C25H31N3O3/c1-27-18-22(19-7-3-5-9-23(19)27)21(20-8-4-6-10-24(20)30-2)17-25(29)26-11-12-28-13-15-31-16-14-28/h3-10,18,21H,11-17H2,1-2H3,(H,26,29). The molecule has 164 valence electrons. The molecule has 1 atom stereocenters. The molecule has 1 N–H and O–H groups in total. The molecule has 1 fully saturated rings. The van der Waals surface area contributed by atoms with Crippen LogP contribution >= 0.6 is 0 Å². The topological polar surface area (TPSA) is 55.7 Å². The molecule has 1 aliphatic rings. The number of ether oxygens (including phenoxy) is 2. The Balaban J connectivity index is 1.56. The molecule has 1 saturated heterocycles. The summed E-state index contributed by atoms with van der Waals surface area (Å²) in [6.07, 6.45) is 2.51. The summed E-state index contributed by atoms with van der Waals surface area (Å²) in [5.74, 6) is 0.768. The van der Waals surface area contributed by atoms with E-state index in [0.717, 1.165) is 55.2 Å². The van der Waals surface area contributed by atoms with E-state index in [0.29, 0.717) is 13.0 Å². The molecular weight excluding hydrogens is 390 g/mol. The van der Waals surface area contributed by atoms with E-state index >= 15 is 0 Å². The zero-order chi connectivity index (χ0) is 21.6. The average Bonchev–Trinajstić information content (AvgIpc) is 3.15. The fourth-order valence-electron chi connectivity index (χ4n) is 4.43. The highest BCUT2D eigenvalue weighted by atomic mass is 16.5. The molecule has 0 radical (unpaired) electrons. The van der Waals surface area contributed by atoms with Gasteiger partial charge in [0.05, 0.1) is 20.3 Å². The number of carbonyl (C=O) groups excluding carboxylic acids is 1. The summed E-state index contributed by atoms with van der Waals surface area (Å²) in [6.45, 7) is 4.89. The molecule has 1 aliphatic heterocycles. The molecule has 2 aromatic carbocycles. The lowest BCUT2D eigenvalue weighted by atomic mass is 9.87. The van der Waals surface area contributed by atoms with Crippen molar-refractivity contribution in [3.8, 4) is 5.75 Å². The third kappa shape index (κ3) is 4.92. The highest BCUT2D eigenvalue weighted by molar-refractivity contribution is 5.86. The van der Waals surface area contributed by atoms with Crippen molar-refractivity contribution in [1.82, 2.24) is 14.8 Å². The predicted molar refractivity (Wildman–Crippen MR) is 123 cm³/mol. The minimum atomic E-state index is -0.0920. The van der Waals surface area contributed by atoms with Gasteiger partial charge in [-0.05, 0) is 17.7 Å². The van der Waals surface area contributed by atoms with Crippen LogP contribution in [0, 0.1) is 0 Å². The summed E-state index contributed by atoms with van der Waals surface area (Å²) in [6, 6.07) is 16.3. The lowest BCUT2D eigenvalue weighted by molar-refractivity contribution is -0.121. The number of amides is 1. The van der Waals surface area contributed by atoms with Crippen molar-refractivity contribution in [2.45, 2.75) is 12.3 Å². The van der Waals surface area contributed by atoms with Gasteiger partial charge < -0.3 is 19.4 Å². The first-order chi connectivity index (χ1) is 15.2. The Hall–Kier alpha value is -2.83. The smallest absolute Gasteiger partial charge is 0.220 e. The molecule has 3 aromatic rings. The van der Waals surface area contributed by atoms with Crippen molar-refractivity contribution >= 4 is 16.8 Å². The largest absolute Gasteiger partial charge is 0.496 e. The number of aromatic nitrogens is 1. The number of para-hydroxylation sites is 2. The molecule has 1 aromatic heterocycles. The van der Waals surface area contributed by atoms with Gasteiger partial charge in [0, 0.05) is 68.2 Å². The van der Waals surface area contributed by atoms with Gasteiger partial charge in [-0.25, -0.2) is 0 Å². The molecule has 2 heterocycles. The monoisotopic (exact) mass is 421 g/mol. The first-order valence-electron chi connectivity index (χ1n) is 10.9. The van der Waals surface area contributed by atoms with Crippen LogP contribution in [0.4, 0.5) is 0 Å². The second-order valence-corrected chi connectivity index (χ2v) is 8.02. The fraction of sp³-hybridized carbons (Fsp3) is 0.400. The molecule has 0 saturated carbocycles. The van der Waals surface area contributed by atoms with Crippen molar-refractivity contribution in [1.29, 1.82) is 0 Å². The van der Waals surface area contributed by atoms with Gasteiger partial charge in [-0.15, -0.1) is 0 Å². The maximum atomic E-state index is 13.0. The lowest BCUT2D eigenvalue weighted by Crippen LogP contribution is -2.41. The number of aryl methyl sites for hydroxylation is 1. The number of carbonyl (C=O) groups is 1. The van der Waals surface area contributed by atoms with E-state index in [4.69, 9.17) is 9.47 Å². The maximum Gasteiger partial charge on any atom is 0.220 e. The molecule has 1 amide bonds. The van der Waals surface area contributed by atoms with Crippen LogP contribution in [0.15, 0.2) is 54.7 Å². The highest BCUT2D eigenvalue weighted by Crippen LogP contribution is 2.38. The normalized spacial score (nSPS) is 15.7. The van der Waals surface area contributed by atoms with E-state index in [1.54, 1.807) is 7.11 Å². The van der Waals surface area contributed by atoms with Crippen LogP contribution in [0.1, 0.15) is 23.5 Å². The van der Waals surface area contributed by atoms with Crippen LogP contribution in [0.25, 0.3) is 10.9 Å². The zero-order valence-electron chi connectivity index (χ0n) is 18.3. The van der Waals surface area contributed by atoms with Crippen molar-refractivity contribution in [3.63, 3.8) is 0 Å². The zero-order valence-corrected chi connectivity index (χ0v) is 18.3. The Morgan fingerprint density at radius 2 is 1.84 bits per heavy atom. The predicted octanol–water partition coefficient (Wildman–Crippen LogP) is 3.16. The number of nitrogens with one attached hydrogen (secondary N) is 1. The van der Waals surface area contributed by atoms with E-state index in [2.05, 4.69) is 39.2 Å². The lowest BCUT2D eigenvalue weighted by Gasteiger charge is -2.26. The van der Waals surface area contributed by atoms with Crippen LogP contribution in [0.2, 0.25) is 0 Å². The number of fused-ring (bicyclic) bond motifs is 1. The first-order valence-corrected chi connectivity index (χ1v) is 10.9. The number of hydrogen-bond acceptors (Lipinski definition) is 4. The number of methoxy groups -OCH3 is 1. The fourth-order valence-corrected chi connectivity index (χ4v) is 4.43. The number of nitrogens with zero attached hydrogens (tertiary/aromatic N) is 2.